The molecule has 0 saturated carbocycles. The van der Waals surface area contributed by atoms with E-state index >= 15 is 0 Å². The standard InChI is InChI=1S/C25H30N4O4/c1-25(2,3)33-24(32)29-14-12-28(13-15-29)20-11-7-10-18-21(17-8-5-4-6-9-17)26-19(16-30)23(31)27-22(18)20/h4-11,19,30H,12-16H2,1-3H3,(H,27,31)/t19-/m1/s1. The number of carbonyl (C=O) groups excluding carboxylic acids is 2. The largest absolute Gasteiger partial charge is 0.444 e. The maximum atomic E-state index is 12.8. The Morgan fingerprint density at radius 2 is 1.79 bits per heavy atom. The summed E-state index contributed by atoms with van der Waals surface area (Å²) in [7, 11) is 0. The summed E-state index contributed by atoms with van der Waals surface area (Å²) in [5, 5.41) is 12.8. The first-order valence-corrected chi connectivity index (χ1v) is 11.2. The van der Waals surface area contributed by atoms with E-state index in [9.17, 15) is 14.7 Å². The van der Waals surface area contributed by atoms with Crippen LogP contribution in [0.15, 0.2) is 53.5 Å². The number of anilines is 2. The van der Waals surface area contributed by atoms with Crippen LogP contribution in [0.3, 0.4) is 0 Å². The average molecular weight is 451 g/mol. The monoisotopic (exact) mass is 450 g/mol. The Hall–Kier alpha value is -3.39. The molecule has 0 spiro atoms. The lowest BCUT2D eigenvalue weighted by molar-refractivity contribution is -0.118. The van der Waals surface area contributed by atoms with Crippen LogP contribution in [0, 0.1) is 0 Å². The molecule has 2 aliphatic heterocycles. The minimum Gasteiger partial charge on any atom is -0.444 e. The third-order valence-corrected chi connectivity index (χ3v) is 5.63. The van der Waals surface area contributed by atoms with Gasteiger partial charge in [0.25, 0.3) is 5.91 Å². The number of amides is 2. The van der Waals surface area contributed by atoms with Crippen molar-refractivity contribution in [2.45, 2.75) is 32.4 Å². The second kappa shape index (κ2) is 9.23. The van der Waals surface area contributed by atoms with Crippen molar-refractivity contribution in [3.63, 3.8) is 0 Å². The van der Waals surface area contributed by atoms with Gasteiger partial charge in [-0.2, -0.15) is 0 Å². The first-order chi connectivity index (χ1) is 15.8. The van der Waals surface area contributed by atoms with E-state index in [1.54, 1.807) is 4.90 Å². The van der Waals surface area contributed by atoms with Crippen molar-refractivity contribution in [2.75, 3.05) is 43.0 Å². The van der Waals surface area contributed by atoms with Crippen LogP contribution in [0.1, 0.15) is 31.9 Å². The summed E-state index contributed by atoms with van der Waals surface area (Å²) in [5.74, 6) is -0.343. The number of rotatable bonds is 3. The van der Waals surface area contributed by atoms with Crippen molar-refractivity contribution in [3.8, 4) is 0 Å². The number of nitrogens with zero attached hydrogens (tertiary/aromatic N) is 3. The van der Waals surface area contributed by atoms with Crippen LogP contribution in [0.5, 0.6) is 0 Å². The fourth-order valence-corrected chi connectivity index (χ4v) is 4.03. The zero-order chi connectivity index (χ0) is 23.6. The first-order valence-electron chi connectivity index (χ1n) is 11.2. The van der Waals surface area contributed by atoms with E-state index in [1.165, 1.54) is 0 Å². The van der Waals surface area contributed by atoms with Gasteiger partial charge in [-0.05, 0) is 26.8 Å². The number of hydrogen-bond acceptors (Lipinski definition) is 6. The van der Waals surface area contributed by atoms with Gasteiger partial charge in [0.2, 0.25) is 0 Å². The number of para-hydroxylation sites is 1. The van der Waals surface area contributed by atoms with Gasteiger partial charge >= 0.3 is 6.09 Å². The molecule has 8 heteroatoms. The normalized spacial score (nSPS) is 18.7. The molecular weight excluding hydrogens is 420 g/mol. The Bertz CT molecular complexity index is 1050. The maximum absolute atomic E-state index is 12.8. The summed E-state index contributed by atoms with van der Waals surface area (Å²) in [6, 6.07) is 14.6. The average Bonchev–Trinajstić information content (AvgIpc) is 2.94. The molecule has 33 heavy (non-hydrogen) atoms. The SMILES string of the molecule is CC(C)(C)OC(=O)N1CCN(c2cccc3c2NC(=O)[C@@H](CO)N=C3c2ccccc2)CC1. The number of carbonyl (C=O) groups is 2. The molecule has 4 rings (SSSR count). The van der Waals surface area contributed by atoms with Crippen LogP contribution in [0.4, 0.5) is 16.2 Å². The highest BCUT2D eigenvalue weighted by Gasteiger charge is 2.30. The van der Waals surface area contributed by atoms with Gasteiger partial charge in [0.15, 0.2) is 6.04 Å². The van der Waals surface area contributed by atoms with Crippen LogP contribution in [-0.4, -0.2) is 72.1 Å². The van der Waals surface area contributed by atoms with Crippen molar-refractivity contribution >= 4 is 29.1 Å². The molecule has 0 bridgehead atoms. The Balaban J connectivity index is 1.63. The molecule has 2 aliphatic rings. The van der Waals surface area contributed by atoms with Gasteiger partial charge in [-0.25, -0.2) is 4.79 Å². The van der Waals surface area contributed by atoms with E-state index in [2.05, 4.69) is 15.2 Å². The molecule has 1 saturated heterocycles. The molecule has 174 valence electrons. The van der Waals surface area contributed by atoms with Crippen molar-refractivity contribution < 1.29 is 19.4 Å². The Morgan fingerprint density at radius 1 is 1.09 bits per heavy atom. The molecule has 2 N–H and O–H groups in total. The summed E-state index contributed by atoms with van der Waals surface area (Å²) < 4.78 is 5.50. The lowest BCUT2D eigenvalue weighted by Crippen LogP contribution is -2.50. The number of ether oxygens (including phenoxy) is 1. The second-order valence-electron chi connectivity index (χ2n) is 9.19. The molecule has 2 heterocycles. The van der Waals surface area contributed by atoms with Gasteiger partial charge in [-0.15, -0.1) is 0 Å². The molecule has 0 aliphatic carbocycles. The van der Waals surface area contributed by atoms with Crippen LogP contribution in [-0.2, 0) is 9.53 Å². The van der Waals surface area contributed by atoms with Crippen LogP contribution < -0.4 is 10.2 Å². The highest BCUT2D eigenvalue weighted by Crippen LogP contribution is 2.34. The van der Waals surface area contributed by atoms with Gasteiger partial charge in [-0.1, -0.05) is 42.5 Å². The van der Waals surface area contributed by atoms with Crippen LogP contribution in [0.2, 0.25) is 0 Å². The van der Waals surface area contributed by atoms with Crippen LogP contribution >= 0.6 is 0 Å². The summed E-state index contributed by atoms with van der Waals surface area (Å²) in [6.07, 6.45) is -0.313. The van der Waals surface area contributed by atoms with E-state index in [4.69, 9.17) is 4.74 Å². The molecule has 2 aromatic rings. The van der Waals surface area contributed by atoms with Crippen molar-refractivity contribution in [2.24, 2.45) is 4.99 Å². The van der Waals surface area contributed by atoms with Crippen molar-refractivity contribution in [1.82, 2.24) is 4.90 Å². The molecule has 1 atom stereocenters. The highest BCUT2D eigenvalue weighted by molar-refractivity contribution is 6.21. The first kappa shape index (κ1) is 22.8. The fourth-order valence-electron chi connectivity index (χ4n) is 4.03. The third kappa shape index (κ3) is 5.01. The predicted octanol–water partition coefficient (Wildman–Crippen LogP) is 2.89. The van der Waals surface area contributed by atoms with Gasteiger partial charge in [-0.3, -0.25) is 9.79 Å². The molecule has 0 unspecified atom stereocenters. The lowest BCUT2D eigenvalue weighted by atomic mass is 9.99. The zero-order valence-electron chi connectivity index (χ0n) is 19.2. The molecule has 2 amide bonds. The maximum Gasteiger partial charge on any atom is 0.410 e. The van der Waals surface area contributed by atoms with E-state index in [1.807, 2.05) is 69.3 Å². The molecule has 0 aromatic heterocycles. The molecular formula is C25H30N4O4. The summed E-state index contributed by atoms with van der Waals surface area (Å²) in [6.45, 7) is 7.44. The Kier molecular flexibility index (Phi) is 6.37. The van der Waals surface area contributed by atoms with Crippen molar-refractivity contribution in [1.29, 1.82) is 0 Å². The number of aliphatic hydroxyl groups excluding tert-OH is 1. The number of piperazine rings is 1. The predicted molar refractivity (Wildman–Crippen MR) is 128 cm³/mol. The van der Waals surface area contributed by atoms with Gasteiger partial charge in [0.1, 0.15) is 5.60 Å². The number of nitrogens with one attached hydrogen (secondary N) is 1. The Labute approximate surface area is 193 Å². The van der Waals surface area contributed by atoms with E-state index < -0.39 is 11.6 Å². The lowest BCUT2D eigenvalue weighted by Gasteiger charge is -2.37. The number of benzene rings is 2. The van der Waals surface area contributed by atoms with E-state index in [0.29, 0.717) is 37.6 Å². The number of hydrogen-bond donors (Lipinski definition) is 2. The number of aliphatic hydroxyl groups is 1. The fraction of sp³-hybridized carbons (Fsp3) is 0.400. The molecule has 2 aromatic carbocycles. The number of benzodiazepines with no additional fused rings is 1. The summed E-state index contributed by atoms with van der Waals surface area (Å²) >= 11 is 0. The van der Waals surface area contributed by atoms with E-state index in [0.717, 1.165) is 16.8 Å². The zero-order valence-corrected chi connectivity index (χ0v) is 19.2. The smallest absolute Gasteiger partial charge is 0.410 e. The Morgan fingerprint density at radius 3 is 2.42 bits per heavy atom. The number of fused-ring (bicyclic) bond motifs is 1. The minimum atomic E-state index is -0.885. The summed E-state index contributed by atoms with van der Waals surface area (Å²) in [4.78, 5) is 33.7. The van der Waals surface area contributed by atoms with Gasteiger partial charge in [0.05, 0.1) is 23.7 Å². The molecule has 8 nitrogen and oxygen atoms in total. The second-order valence-corrected chi connectivity index (χ2v) is 9.19. The van der Waals surface area contributed by atoms with Crippen molar-refractivity contribution in [3.05, 3.63) is 59.7 Å². The molecule has 1 fully saturated rings. The van der Waals surface area contributed by atoms with Gasteiger partial charge < -0.3 is 25.0 Å². The highest BCUT2D eigenvalue weighted by atomic mass is 16.6. The summed E-state index contributed by atoms with van der Waals surface area (Å²) in [5.41, 5.74) is 3.35. The third-order valence-electron chi connectivity index (χ3n) is 5.63. The quantitative estimate of drug-likeness (QED) is 0.750. The van der Waals surface area contributed by atoms with E-state index in [-0.39, 0.29) is 18.6 Å². The van der Waals surface area contributed by atoms with Crippen LogP contribution in [0.25, 0.3) is 0 Å². The number of aliphatic imine (C=N–C) groups is 1. The minimum absolute atomic E-state index is 0.313. The molecule has 0 radical (unpaired) electrons. The van der Waals surface area contributed by atoms with Gasteiger partial charge in [0, 0.05) is 37.3 Å². The topological polar surface area (TPSA) is 94.5 Å².